The molecule has 49 heavy (non-hydrogen) atoms. The smallest absolute Gasteiger partial charge is 0.257 e. The molecular formula is C37H43Cl2FN4O4Si. The van der Waals surface area contributed by atoms with Gasteiger partial charge in [-0.25, -0.2) is 4.39 Å². The van der Waals surface area contributed by atoms with Gasteiger partial charge in [-0.3, -0.25) is 19.4 Å². The minimum atomic E-state index is -2.22. The molecule has 0 bridgehead atoms. The molecule has 3 heterocycles. The summed E-state index contributed by atoms with van der Waals surface area (Å²) in [7, 11) is -2.22. The molecule has 1 amide bonds. The largest absolute Gasteiger partial charge is 0.409 e. The van der Waals surface area contributed by atoms with E-state index in [4.69, 9.17) is 32.4 Å². The molecule has 1 fully saturated rings. The number of aliphatic hydroxyl groups is 1. The molecule has 2 aromatic carbocycles. The van der Waals surface area contributed by atoms with Gasteiger partial charge in [0.2, 0.25) is 0 Å². The fourth-order valence-corrected chi connectivity index (χ4v) is 8.07. The number of ether oxygens (including phenoxy) is 1. The molecule has 0 spiro atoms. The molecule has 1 N–H and O–H groups in total. The minimum absolute atomic E-state index is 0.0160. The Morgan fingerprint density at radius 2 is 1.67 bits per heavy atom. The highest BCUT2D eigenvalue weighted by Gasteiger charge is 2.58. The van der Waals surface area contributed by atoms with Gasteiger partial charge in [0.15, 0.2) is 14.0 Å². The summed E-state index contributed by atoms with van der Waals surface area (Å²) in [5.41, 5.74) is -2.06. The third-order valence-corrected chi connectivity index (χ3v) is 15.4. The van der Waals surface area contributed by atoms with E-state index in [9.17, 15) is 9.90 Å². The van der Waals surface area contributed by atoms with E-state index >= 15 is 4.39 Å². The Hall–Kier alpha value is -3.12. The van der Waals surface area contributed by atoms with Crippen LogP contribution in [0.3, 0.4) is 0 Å². The lowest BCUT2D eigenvalue weighted by atomic mass is 9.85. The van der Waals surface area contributed by atoms with Crippen molar-refractivity contribution in [2.45, 2.75) is 95.6 Å². The van der Waals surface area contributed by atoms with Crippen molar-refractivity contribution in [3.63, 3.8) is 0 Å². The van der Waals surface area contributed by atoms with E-state index < -0.39 is 37.0 Å². The number of nitrogens with zero attached hydrogens (tertiary/aromatic N) is 4. The first kappa shape index (κ1) is 35.7. The summed E-state index contributed by atoms with van der Waals surface area (Å²) in [5, 5.41) is 17.0. The number of pyridine rings is 1. The maximum atomic E-state index is 17.1. The zero-order valence-electron chi connectivity index (χ0n) is 29.0. The molecule has 0 radical (unpaired) electrons. The monoisotopic (exact) mass is 724 g/mol. The molecule has 2 aliphatic rings. The number of carbonyl (C=O) groups is 1. The number of aromatic nitrogens is 3. The van der Waals surface area contributed by atoms with Crippen LogP contribution in [0.4, 0.5) is 4.39 Å². The molecule has 1 aliphatic heterocycles. The molecule has 0 saturated heterocycles. The average Bonchev–Trinajstić information content (AvgIpc) is 3.51. The lowest BCUT2D eigenvalue weighted by Gasteiger charge is -2.43. The lowest BCUT2D eigenvalue weighted by molar-refractivity contribution is -0.137. The molecule has 2 atom stereocenters. The Bertz CT molecular complexity index is 1870. The van der Waals surface area contributed by atoms with Crippen LogP contribution in [-0.2, 0) is 33.6 Å². The van der Waals surface area contributed by atoms with E-state index in [1.165, 1.54) is 17.2 Å². The predicted octanol–water partition coefficient (Wildman–Crippen LogP) is 8.43. The van der Waals surface area contributed by atoms with E-state index in [-0.39, 0.29) is 34.9 Å². The van der Waals surface area contributed by atoms with Crippen LogP contribution in [0.5, 0.6) is 0 Å². The SMILES string of the molecule is CCn1cc(C(C)(O)c2cc(F)c3c(c2)C(=O)N(Cc2ccc(Cl)cn2)[C@@]3(OCC2(O[Si](C)(C)C(C)(C)C)CC2)c2ccc(Cl)cc2)cn1. The van der Waals surface area contributed by atoms with Crippen LogP contribution in [0.15, 0.2) is 67.1 Å². The quantitative estimate of drug-likeness (QED) is 0.156. The maximum Gasteiger partial charge on any atom is 0.257 e. The second-order valence-corrected chi connectivity index (χ2v) is 20.5. The van der Waals surface area contributed by atoms with Crippen LogP contribution in [-0.4, -0.2) is 51.2 Å². The van der Waals surface area contributed by atoms with Crippen LogP contribution >= 0.6 is 23.2 Å². The first-order chi connectivity index (χ1) is 22.9. The summed E-state index contributed by atoms with van der Waals surface area (Å²) in [6, 6.07) is 13.2. The minimum Gasteiger partial charge on any atom is -0.409 e. The van der Waals surface area contributed by atoms with E-state index in [1.54, 1.807) is 66.5 Å². The Kier molecular flexibility index (Phi) is 9.16. The third kappa shape index (κ3) is 6.48. The van der Waals surface area contributed by atoms with Crippen molar-refractivity contribution in [2.75, 3.05) is 6.61 Å². The van der Waals surface area contributed by atoms with Gasteiger partial charge in [0.05, 0.1) is 46.8 Å². The maximum absolute atomic E-state index is 17.1. The fourth-order valence-electron chi connectivity index (χ4n) is 6.18. The number of hydrogen-bond acceptors (Lipinski definition) is 6. The highest BCUT2D eigenvalue weighted by molar-refractivity contribution is 6.74. The Morgan fingerprint density at radius 3 is 2.24 bits per heavy atom. The molecular weight excluding hydrogens is 682 g/mol. The van der Waals surface area contributed by atoms with Crippen LogP contribution in [0.25, 0.3) is 0 Å². The van der Waals surface area contributed by atoms with Crippen molar-refractivity contribution in [1.82, 2.24) is 19.7 Å². The number of aryl methyl sites for hydroxylation is 1. The average molecular weight is 726 g/mol. The zero-order chi connectivity index (χ0) is 35.6. The molecule has 1 aliphatic carbocycles. The number of fused-ring (bicyclic) bond motifs is 1. The third-order valence-electron chi connectivity index (χ3n) is 10.3. The standard InChI is InChI=1S/C37H43Cl2FN4O4Si/c1-8-43-21-26(19-42-43)35(5,46)25-17-30-32(31(40)18-25)37(24-9-11-27(38)12-10-24,44(33(30)45)22-29-14-13-28(39)20-41-29)47-23-36(15-16-36)48-49(6,7)34(2,3)4/h9-14,17-21,46H,8,15-16,22-23H2,1-7H3/t35?,37-/m1/s1. The molecule has 1 saturated carbocycles. The number of rotatable bonds is 11. The molecule has 2 aromatic heterocycles. The Morgan fingerprint density at radius 1 is 1.00 bits per heavy atom. The van der Waals surface area contributed by atoms with Crippen molar-refractivity contribution in [3.8, 4) is 0 Å². The van der Waals surface area contributed by atoms with Crippen molar-refractivity contribution < 1.29 is 23.5 Å². The predicted molar refractivity (Wildman–Crippen MR) is 191 cm³/mol. The van der Waals surface area contributed by atoms with E-state index in [2.05, 4.69) is 43.9 Å². The van der Waals surface area contributed by atoms with Crippen molar-refractivity contribution in [3.05, 3.63) is 116 Å². The first-order valence-electron chi connectivity index (χ1n) is 16.5. The second kappa shape index (κ2) is 12.6. The van der Waals surface area contributed by atoms with Gasteiger partial charge in [0.1, 0.15) is 11.4 Å². The van der Waals surface area contributed by atoms with Crippen LogP contribution in [0.2, 0.25) is 28.2 Å². The van der Waals surface area contributed by atoms with Crippen molar-refractivity contribution >= 4 is 37.4 Å². The van der Waals surface area contributed by atoms with E-state index in [0.717, 1.165) is 12.8 Å². The number of halogens is 3. The van der Waals surface area contributed by atoms with Gasteiger partial charge in [-0.1, -0.05) is 56.1 Å². The summed E-state index contributed by atoms with van der Waals surface area (Å²) in [6.07, 6.45) is 6.34. The number of benzene rings is 2. The highest BCUT2D eigenvalue weighted by Crippen LogP contribution is 2.53. The molecule has 6 rings (SSSR count). The summed E-state index contributed by atoms with van der Waals surface area (Å²) in [4.78, 5) is 20.7. The van der Waals surface area contributed by atoms with Crippen LogP contribution in [0, 0.1) is 5.82 Å². The summed E-state index contributed by atoms with van der Waals surface area (Å²) in [6.45, 7) is 15.2. The Balaban J connectivity index is 1.52. The summed E-state index contributed by atoms with van der Waals surface area (Å²) in [5.74, 6) is -1.17. The van der Waals surface area contributed by atoms with Gasteiger partial charge in [0.25, 0.3) is 5.91 Å². The molecule has 260 valence electrons. The van der Waals surface area contributed by atoms with Crippen LogP contribution in [0.1, 0.15) is 85.8 Å². The summed E-state index contributed by atoms with van der Waals surface area (Å²) < 4.78 is 32.7. The second-order valence-electron chi connectivity index (χ2n) is 14.9. The van der Waals surface area contributed by atoms with Gasteiger partial charge in [-0.15, -0.1) is 0 Å². The Labute approximate surface area is 298 Å². The topological polar surface area (TPSA) is 89.7 Å². The molecule has 4 aromatic rings. The van der Waals surface area contributed by atoms with E-state index in [0.29, 0.717) is 33.4 Å². The fraction of sp³-hybridized carbons (Fsp3) is 0.432. The van der Waals surface area contributed by atoms with Crippen LogP contribution < -0.4 is 0 Å². The molecule has 1 unspecified atom stereocenters. The van der Waals surface area contributed by atoms with Gasteiger partial charge < -0.3 is 14.3 Å². The normalized spacial score (nSPS) is 20.0. The van der Waals surface area contributed by atoms with E-state index in [1.807, 2.05) is 6.92 Å². The van der Waals surface area contributed by atoms with Gasteiger partial charge in [-0.05, 0) is 86.8 Å². The van der Waals surface area contributed by atoms with Crippen molar-refractivity contribution in [2.24, 2.45) is 0 Å². The van der Waals surface area contributed by atoms with Crippen molar-refractivity contribution in [1.29, 1.82) is 0 Å². The zero-order valence-corrected chi connectivity index (χ0v) is 31.5. The van der Waals surface area contributed by atoms with Gasteiger partial charge in [0, 0.05) is 35.1 Å². The van der Waals surface area contributed by atoms with Gasteiger partial charge >= 0.3 is 0 Å². The van der Waals surface area contributed by atoms with Gasteiger partial charge in [-0.2, -0.15) is 5.10 Å². The highest BCUT2D eigenvalue weighted by atomic mass is 35.5. The lowest BCUT2D eigenvalue weighted by Crippen LogP contribution is -2.50. The first-order valence-corrected chi connectivity index (χ1v) is 20.2. The molecule has 8 nitrogen and oxygen atoms in total. The number of carbonyl (C=O) groups excluding carboxylic acids is 1. The summed E-state index contributed by atoms with van der Waals surface area (Å²) >= 11 is 12.5. The number of hydrogen-bond donors (Lipinski definition) is 1. The number of amides is 1. The molecule has 12 heteroatoms.